The Balaban J connectivity index is 1.22. The molecule has 0 spiro atoms. The minimum absolute atomic E-state index is 0.247. The number of carbonyl (C=O) groups excluding carboxylic acids is 1. The molecular formula is C35H34F2N4O. The van der Waals surface area contributed by atoms with Gasteiger partial charge in [-0.05, 0) is 104 Å². The van der Waals surface area contributed by atoms with Crippen molar-refractivity contribution in [3.05, 3.63) is 137 Å². The molecule has 2 aliphatic heterocycles. The fraction of sp³-hybridized carbons (Fsp3) is 0.286. The first-order valence-electron chi connectivity index (χ1n) is 14.6. The van der Waals surface area contributed by atoms with Gasteiger partial charge in [0.05, 0.1) is 0 Å². The number of likely N-dealkylation sites (tertiary alicyclic amines) is 1. The van der Waals surface area contributed by atoms with Crippen LogP contribution in [0.5, 0.6) is 0 Å². The molecule has 7 heteroatoms. The van der Waals surface area contributed by atoms with Crippen molar-refractivity contribution >= 4 is 11.7 Å². The number of halogens is 2. The Labute approximate surface area is 245 Å². The van der Waals surface area contributed by atoms with Crippen molar-refractivity contribution < 1.29 is 13.6 Å². The van der Waals surface area contributed by atoms with E-state index in [1.54, 1.807) is 35.4 Å². The zero-order valence-corrected chi connectivity index (χ0v) is 23.5. The third kappa shape index (κ3) is 5.74. The average Bonchev–Trinajstić information content (AvgIpc) is 3.32. The van der Waals surface area contributed by atoms with Crippen LogP contribution in [0.3, 0.4) is 0 Å². The zero-order valence-electron chi connectivity index (χ0n) is 23.5. The smallest absolute Gasteiger partial charge is 0.265 e. The number of aromatic nitrogens is 1. The molecule has 0 aliphatic carbocycles. The standard InChI is InChI=1S/C35H34F2N4O/c36-30-14-10-28(11-15-30)35(29-12-16-31(37)17-13-29)34(42)41(33(39-35)32-9-4-5-20-38-32)22-6-21-40-23-18-27(19-24-40)25-26-7-2-1-3-8-26/h1-5,7-17,20,27H,6,18-19,21-25H2. The molecule has 42 heavy (non-hydrogen) atoms. The maximum Gasteiger partial charge on any atom is 0.265 e. The van der Waals surface area contributed by atoms with Crippen LogP contribution in [-0.4, -0.2) is 52.7 Å². The van der Waals surface area contributed by atoms with Crippen LogP contribution in [0.25, 0.3) is 0 Å². The number of amidine groups is 1. The van der Waals surface area contributed by atoms with Gasteiger partial charge >= 0.3 is 0 Å². The van der Waals surface area contributed by atoms with E-state index in [0.29, 0.717) is 35.1 Å². The van der Waals surface area contributed by atoms with Gasteiger partial charge < -0.3 is 4.90 Å². The Bertz CT molecular complexity index is 1470. The second-order valence-corrected chi connectivity index (χ2v) is 11.2. The Hall–Kier alpha value is -4.23. The molecule has 6 rings (SSSR count). The summed E-state index contributed by atoms with van der Waals surface area (Å²) in [4.78, 5) is 28.2. The van der Waals surface area contributed by atoms with Crippen LogP contribution in [-0.2, 0) is 16.8 Å². The highest BCUT2D eigenvalue weighted by molar-refractivity contribution is 6.16. The van der Waals surface area contributed by atoms with Crippen LogP contribution >= 0.6 is 0 Å². The highest BCUT2D eigenvalue weighted by Gasteiger charge is 2.51. The summed E-state index contributed by atoms with van der Waals surface area (Å²) in [6.07, 6.45) is 5.89. The van der Waals surface area contributed by atoms with Crippen molar-refractivity contribution in [3.8, 4) is 0 Å². The van der Waals surface area contributed by atoms with Crippen molar-refractivity contribution in [2.75, 3.05) is 26.2 Å². The Kier molecular flexibility index (Phi) is 8.20. The highest BCUT2D eigenvalue weighted by Crippen LogP contribution is 2.41. The molecule has 0 radical (unpaired) electrons. The van der Waals surface area contributed by atoms with E-state index in [2.05, 4.69) is 40.2 Å². The predicted molar refractivity (Wildman–Crippen MR) is 160 cm³/mol. The van der Waals surface area contributed by atoms with E-state index in [1.165, 1.54) is 29.8 Å². The molecular weight excluding hydrogens is 530 g/mol. The first kappa shape index (κ1) is 27.9. The number of hydrogen-bond acceptors (Lipinski definition) is 4. The van der Waals surface area contributed by atoms with Gasteiger partial charge in [-0.1, -0.05) is 60.7 Å². The van der Waals surface area contributed by atoms with Crippen LogP contribution in [0.4, 0.5) is 8.78 Å². The second-order valence-electron chi connectivity index (χ2n) is 11.2. The van der Waals surface area contributed by atoms with E-state index in [0.717, 1.165) is 45.3 Å². The van der Waals surface area contributed by atoms with Gasteiger partial charge in [0, 0.05) is 12.7 Å². The second kappa shape index (κ2) is 12.3. The number of pyridine rings is 1. The van der Waals surface area contributed by atoms with E-state index < -0.39 is 17.2 Å². The van der Waals surface area contributed by atoms with E-state index in [9.17, 15) is 13.6 Å². The molecule has 1 saturated heterocycles. The van der Waals surface area contributed by atoms with Gasteiger partial charge in [-0.3, -0.25) is 14.7 Å². The Morgan fingerprint density at radius 3 is 1.98 bits per heavy atom. The number of benzene rings is 3. The van der Waals surface area contributed by atoms with Crippen molar-refractivity contribution in [2.45, 2.75) is 31.2 Å². The lowest BCUT2D eigenvalue weighted by Gasteiger charge is -2.32. The third-order valence-corrected chi connectivity index (χ3v) is 8.43. The molecule has 1 fully saturated rings. The van der Waals surface area contributed by atoms with Gasteiger partial charge in [0.2, 0.25) is 0 Å². The molecule has 1 aromatic heterocycles. The minimum Gasteiger partial charge on any atom is -0.303 e. The number of carbonyl (C=O) groups is 1. The normalized spacial score (nSPS) is 17.4. The van der Waals surface area contributed by atoms with Gasteiger partial charge in [-0.2, -0.15) is 0 Å². The average molecular weight is 565 g/mol. The molecule has 2 aliphatic rings. The molecule has 3 heterocycles. The number of rotatable bonds is 9. The van der Waals surface area contributed by atoms with Crippen molar-refractivity contribution in [2.24, 2.45) is 10.9 Å². The van der Waals surface area contributed by atoms with Crippen LogP contribution in [0, 0.1) is 17.6 Å². The van der Waals surface area contributed by atoms with Gasteiger partial charge in [0.15, 0.2) is 11.4 Å². The van der Waals surface area contributed by atoms with Crippen LogP contribution in [0.15, 0.2) is 108 Å². The summed E-state index contributed by atoms with van der Waals surface area (Å²) < 4.78 is 27.9. The maximum atomic E-state index is 14.5. The largest absolute Gasteiger partial charge is 0.303 e. The molecule has 0 saturated carbocycles. The van der Waals surface area contributed by atoms with Crippen LogP contribution < -0.4 is 0 Å². The third-order valence-electron chi connectivity index (χ3n) is 8.43. The van der Waals surface area contributed by atoms with Crippen molar-refractivity contribution in [1.82, 2.24) is 14.8 Å². The highest BCUT2D eigenvalue weighted by atomic mass is 19.1. The summed E-state index contributed by atoms with van der Waals surface area (Å²) >= 11 is 0. The molecule has 1 amide bonds. The van der Waals surface area contributed by atoms with Crippen LogP contribution in [0.1, 0.15) is 41.6 Å². The summed E-state index contributed by atoms with van der Waals surface area (Å²) in [6, 6.07) is 27.8. The van der Waals surface area contributed by atoms with E-state index in [-0.39, 0.29) is 5.91 Å². The lowest BCUT2D eigenvalue weighted by atomic mass is 9.82. The summed E-state index contributed by atoms with van der Waals surface area (Å²) in [6.45, 7) is 3.42. The molecule has 214 valence electrons. The van der Waals surface area contributed by atoms with E-state index in [4.69, 9.17) is 4.99 Å². The van der Waals surface area contributed by atoms with Gasteiger partial charge in [-0.25, -0.2) is 13.8 Å². The molecule has 0 N–H and O–H groups in total. The number of aliphatic imine (C=N–C) groups is 1. The van der Waals surface area contributed by atoms with Crippen LogP contribution in [0.2, 0.25) is 0 Å². The molecule has 4 aromatic rings. The molecule has 0 bridgehead atoms. The van der Waals surface area contributed by atoms with E-state index in [1.807, 2.05) is 18.2 Å². The fourth-order valence-corrected chi connectivity index (χ4v) is 6.20. The number of piperidine rings is 1. The summed E-state index contributed by atoms with van der Waals surface area (Å²) in [5, 5.41) is 0. The number of amides is 1. The number of nitrogens with zero attached hydrogens (tertiary/aromatic N) is 4. The molecule has 3 aromatic carbocycles. The van der Waals surface area contributed by atoms with E-state index >= 15 is 0 Å². The van der Waals surface area contributed by atoms with Gasteiger partial charge in [0.25, 0.3) is 5.91 Å². The SMILES string of the molecule is O=C1N(CCCN2CCC(Cc3ccccc3)CC2)C(c2ccccn2)=NC1(c1ccc(F)cc1)c1ccc(F)cc1. The summed E-state index contributed by atoms with van der Waals surface area (Å²) in [5.41, 5.74) is 1.56. The van der Waals surface area contributed by atoms with Crippen molar-refractivity contribution in [3.63, 3.8) is 0 Å². The number of hydrogen-bond donors (Lipinski definition) is 0. The predicted octanol–water partition coefficient (Wildman–Crippen LogP) is 6.24. The summed E-state index contributed by atoms with van der Waals surface area (Å²) in [5.74, 6) is 0.103. The van der Waals surface area contributed by atoms with Crippen molar-refractivity contribution in [1.29, 1.82) is 0 Å². The topological polar surface area (TPSA) is 48.8 Å². The monoisotopic (exact) mass is 564 g/mol. The lowest BCUT2D eigenvalue weighted by molar-refractivity contribution is -0.130. The Morgan fingerprint density at radius 1 is 0.762 bits per heavy atom. The fourth-order valence-electron chi connectivity index (χ4n) is 6.20. The molecule has 0 unspecified atom stereocenters. The lowest BCUT2D eigenvalue weighted by Crippen LogP contribution is -2.43. The van der Waals surface area contributed by atoms with Gasteiger partial charge in [0.1, 0.15) is 17.3 Å². The quantitative estimate of drug-likeness (QED) is 0.242. The molecule has 0 atom stereocenters. The minimum atomic E-state index is -1.47. The Morgan fingerprint density at radius 2 is 1.38 bits per heavy atom. The first-order chi connectivity index (χ1) is 20.5. The first-order valence-corrected chi connectivity index (χ1v) is 14.6. The zero-order chi connectivity index (χ0) is 28.9. The maximum absolute atomic E-state index is 14.5. The van der Waals surface area contributed by atoms with Gasteiger partial charge in [-0.15, -0.1) is 0 Å². The summed E-state index contributed by atoms with van der Waals surface area (Å²) in [7, 11) is 0. The molecule has 5 nitrogen and oxygen atoms in total.